The highest BCUT2D eigenvalue weighted by Gasteiger charge is 2.44. The molecule has 5 nitrogen and oxygen atoms in total. The second-order valence-corrected chi connectivity index (χ2v) is 9.01. The van der Waals surface area contributed by atoms with E-state index in [9.17, 15) is 0 Å². The second-order valence-electron chi connectivity index (χ2n) is 7.93. The van der Waals surface area contributed by atoms with Gasteiger partial charge in [-0.3, -0.25) is 0 Å². The molecule has 154 valence electrons. The number of rotatable bonds is 4. The summed E-state index contributed by atoms with van der Waals surface area (Å²) in [7, 11) is 5.11. The van der Waals surface area contributed by atoms with E-state index in [4.69, 9.17) is 23.7 Å². The largest absolute Gasteiger partial charge is 0.493 e. The number of hydrogen-bond acceptors (Lipinski definition) is 6. The molecule has 0 unspecified atom stereocenters. The Morgan fingerprint density at radius 3 is 2.55 bits per heavy atom. The Balaban J connectivity index is 1.74. The molecule has 1 aliphatic carbocycles. The summed E-state index contributed by atoms with van der Waals surface area (Å²) < 4.78 is 28.7. The van der Waals surface area contributed by atoms with Crippen LogP contribution in [-0.4, -0.2) is 39.6 Å². The fourth-order valence-electron chi connectivity index (χ4n) is 5.26. The maximum absolute atomic E-state index is 5.92. The third kappa shape index (κ3) is 2.83. The van der Waals surface area contributed by atoms with Crippen molar-refractivity contribution in [2.24, 2.45) is 11.8 Å². The summed E-state index contributed by atoms with van der Waals surface area (Å²) in [4.78, 5) is 0. The summed E-state index contributed by atoms with van der Waals surface area (Å²) in [5, 5.41) is 0. The van der Waals surface area contributed by atoms with Crippen LogP contribution in [0.3, 0.4) is 0 Å². The Morgan fingerprint density at radius 1 is 0.966 bits per heavy atom. The maximum Gasteiger partial charge on any atom is 0.231 e. The van der Waals surface area contributed by atoms with Gasteiger partial charge in [0.15, 0.2) is 23.0 Å². The predicted molar refractivity (Wildman–Crippen MR) is 113 cm³/mol. The van der Waals surface area contributed by atoms with Crippen LogP contribution in [0, 0.1) is 18.8 Å². The molecule has 2 aromatic carbocycles. The number of hydrogen-bond donors (Lipinski definition) is 0. The third-order valence-electron chi connectivity index (χ3n) is 6.46. The molecule has 2 heterocycles. The average molecular weight is 415 g/mol. The highest BCUT2D eigenvalue weighted by Crippen LogP contribution is 2.57. The first kappa shape index (κ1) is 18.8. The number of methoxy groups -OCH3 is 3. The Bertz CT molecular complexity index is 957. The van der Waals surface area contributed by atoms with E-state index in [0.717, 1.165) is 46.5 Å². The van der Waals surface area contributed by atoms with Crippen molar-refractivity contribution >= 4 is 11.8 Å². The van der Waals surface area contributed by atoms with Gasteiger partial charge in [0.05, 0.1) is 21.3 Å². The standard InChI is InChI=1S/C23H26O5S/c1-12-5-13(7-17(24-2)21(12)25-3)19-16-10-29-9-15(16)6-14-8-18-22(28-11-27-18)23(26-4)20(14)19/h5,7-8,15-16,19H,6,9-11H2,1-4H3/t15-,16-,19+/m0/s1. The maximum atomic E-state index is 5.92. The second kappa shape index (κ2) is 7.24. The number of aryl methyl sites for hydroxylation is 1. The van der Waals surface area contributed by atoms with Crippen LogP contribution < -0.4 is 23.7 Å². The van der Waals surface area contributed by atoms with Crippen molar-refractivity contribution in [3.63, 3.8) is 0 Å². The molecule has 0 aromatic heterocycles. The van der Waals surface area contributed by atoms with Gasteiger partial charge in [0.25, 0.3) is 0 Å². The summed E-state index contributed by atoms with van der Waals surface area (Å²) in [5.41, 5.74) is 4.88. The Hall–Kier alpha value is -2.21. The molecule has 3 aliphatic rings. The van der Waals surface area contributed by atoms with Gasteiger partial charge in [0, 0.05) is 11.5 Å². The third-order valence-corrected chi connectivity index (χ3v) is 7.75. The number of benzene rings is 2. The molecule has 29 heavy (non-hydrogen) atoms. The first-order chi connectivity index (χ1) is 14.2. The minimum atomic E-state index is 0.224. The van der Waals surface area contributed by atoms with Crippen molar-refractivity contribution in [3.05, 3.63) is 40.5 Å². The number of thioether (sulfide) groups is 1. The van der Waals surface area contributed by atoms with E-state index in [0.29, 0.717) is 11.8 Å². The lowest BCUT2D eigenvalue weighted by molar-refractivity contribution is 0.171. The first-order valence-corrected chi connectivity index (χ1v) is 11.1. The van der Waals surface area contributed by atoms with Gasteiger partial charge in [-0.15, -0.1) is 0 Å². The van der Waals surface area contributed by atoms with Crippen LogP contribution >= 0.6 is 11.8 Å². The average Bonchev–Trinajstić information content (AvgIpc) is 3.38. The molecule has 0 saturated carbocycles. The quantitative estimate of drug-likeness (QED) is 0.738. The Kier molecular flexibility index (Phi) is 4.69. The predicted octanol–water partition coefficient (Wildman–Crippen LogP) is 4.42. The van der Waals surface area contributed by atoms with E-state index in [1.165, 1.54) is 22.4 Å². The molecule has 3 atom stereocenters. The van der Waals surface area contributed by atoms with Crippen LogP contribution in [0.25, 0.3) is 0 Å². The number of ether oxygens (including phenoxy) is 5. The van der Waals surface area contributed by atoms with Crippen molar-refractivity contribution < 1.29 is 23.7 Å². The fraction of sp³-hybridized carbons (Fsp3) is 0.478. The lowest BCUT2D eigenvalue weighted by Crippen LogP contribution is -2.30. The van der Waals surface area contributed by atoms with E-state index < -0.39 is 0 Å². The molecule has 0 N–H and O–H groups in total. The molecule has 6 heteroatoms. The van der Waals surface area contributed by atoms with Crippen LogP contribution in [0.1, 0.15) is 28.2 Å². The summed E-state index contributed by atoms with van der Waals surface area (Å²) in [5.74, 6) is 7.70. The molecule has 0 radical (unpaired) electrons. The van der Waals surface area contributed by atoms with Crippen LogP contribution in [0.4, 0.5) is 0 Å². The van der Waals surface area contributed by atoms with E-state index in [2.05, 4.69) is 36.9 Å². The van der Waals surface area contributed by atoms with Gasteiger partial charge in [0.1, 0.15) is 0 Å². The summed E-state index contributed by atoms with van der Waals surface area (Å²) >= 11 is 2.05. The smallest absolute Gasteiger partial charge is 0.231 e. The normalized spacial score (nSPS) is 24.1. The zero-order chi connectivity index (χ0) is 20.1. The van der Waals surface area contributed by atoms with Crippen molar-refractivity contribution in [1.82, 2.24) is 0 Å². The minimum absolute atomic E-state index is 0.224. The van der Waals surface area contributed by atoms with E-state index in [1.54, 1.807) is 21.3 Å². The van der Waals surface area contributed by atoms with Crippen molar-refractivity contribution in [1.29, 1.82) is 0 Å². The van der Waals surface area contributed by atoms with Gasteiger partial charge in [0.2, 0.25) is 12.5 Å². The minimum Gasteiger partial charge on any atom is -0.493 e. The van der Waals surface area contributed by atoms with Crippen molar-refractivity contribution in [2.75, 3.05) is 39.6 Å². The summed E-state index contributed by atoms with van der Waals surface area (Å²) in [6.07, 6.45) is 1.06. The van der Waals surface area contributed by atoms with Crippen molar-refractivity contribution in [2.45, 2.75) is 19.3 Å². The van der Waals surface area contributed by atoms with Gasteiger partial charge < -0.3 is 23.7 Å². The Labute approximate surface area is 175 Å². The van der Waals surface area contributed by atoms with Crippen LogP contribution in [-0.2, 0) is 6.42 Å². The van der Waals surface area contributed by atoms with Crippen LogP contribution in [0.15, 0.2) is 18.2 Å². The van der Waals surface area contributed by atoms with Crippen molar-refractivity contribution in [3.8, 4) is 28.7 Å². The zero-order valence-corrected chi connectivity index (χ0v) is 18.1. The lowest BCUT2D eigenvalue weighted by Gasteiger charge is -2.37. The summed E-state index contributed by atoms with van der Waals surface area (Å²) in [6, 6.07) is 6.54. The van der Waals surface area contributed by atoms with E-state index >= 15 is 0 Å². The van der Waals surface area contributed by atoms with Gasteiger partial charge in [-0.2, -0.15) is 11.8 Å². The van der Waals surface area contributed by atoms with E-state index in [1.807, 2.05) is 0 Å². The number of fused-ring (bicyclic) bond motifs is 3. The first-order valence-electron chi connectivity index (χ1n) is 9.95. The SMILES string of the molecule is COc1cc([C@H]2c3c(cc4c(c3OC)OCO4)C[C@H]3CSC[C@@H]32)cc(C)c1OC. The fourth-order valence-corrected chi connectivity index (χ4v) is 6.80. The molecular weight excluding hydrogens is 388 g/mol. The molecule has 1 saturated heterocycles. The topological polar surface area (TPSA) is 46.2 Å². The highest BCUT2D eigenvalue weighted by atomic mass is 32.2. The molecule has 0 bridgehead atoms. The molecule has 2 aromatic rings. The Morgan fingerprint density at radius 2 is 1.79 bits per heavy atom. The molecular formula is C23H26O5S. The molecule has 5 rings (SSSR count). The monoisotopic (exact) mass is 414 g/mol. The molecule has 0 amide bonds. The van der Waals surface area contributed by atoms with Crippen LogP contribution in [0.5, 0.6) is 28.7 Å². The molecule has 2 aliphatic heterocycles. The zero-order valence-electron chi connectivity index (χ0n) is 17.2. The lowest BCUT2D eigenvalue weighted by atomic mass is 9.67. The van der Waals surface area contributed by atoms with Gasteiger partial charge >= 0.3 is 0 Å². The van der Waals surface area contributed by atoms with Crippen LogP contribution in [0.2, 0.25) is 0 Å². The molecule has 0 spiro atoms. The molecule has 1 fully saturated rings. The van der Waals surface area contributed by atoms with Gasteiger partial charge in [-0.1, -0.05) is 6.07 Å². The van der Waals surface area contributed by atoms with Gasteiger partial charge in [-0.25, -0.2) is 0 Å². The van der Waals surface area contributed by atoms with Gasteiger partial charge in [-0.05, 0) is 65.5 Å². The highest BCUT2D eigenvalue weighted by molar-refractivity contribution is 7.99. The summed E-state index contributed by atoms with van der Waals surface area (Å²) in [6.45, 7) is 2.32. The van der Waals surface area contributed by atoms with E-state index in [-0.39, 0.29) is 12.7 Å².